The number of nitrogens with one attached hydrogen (secondary N) is 1. The summed E-state index contributed by atoms with van der Waals surface area (Å²) in [6, 6.07) is 5.16. The topological polar surface area (TPSA) is 67.6 Å². The first-order valence-electron chi connectivity index (χ1n) is 7.46. The number of benzene rings is 1. The van der Waals surface area contributed by atoms with Crippen LogP contribution in [0.2, 0.25) is 0 Å². The Labute approximate surface area is 125 Å². The number of anilines is 2. The summed E-state index contributed by atoms with van der Waals surface area (Å²) in [6.45, 7) is 4.44. The molecule has 116 valence electrons. The highest BCUT2D eigenvalue weighted by Crippen LogP contribution is 2.27. The molecular weight excluding hydrogens is 270 g/mol. The fourth-order valence-electron chi connectivity index (χ4n) is 2.49. The van der Waals surface area contributed by atoms with Crippen LogP contribution < -0.4 is 10.2 Å². The van der Waals surface area contributed by atoms with E-state index in [9.17, 15) is 10.1 Å². The lowest BCUT2D eigenvalue weighted by atomic mass is 10.2. The van der Waals surface area contributed by atoms with E-state index in [2.05, 4.69) is 12.2 Å². The van der Waals surface area contributed by atoms with Crippen LogP contribution in [0.4, 0.5) is 17.1 Å². The summed E-state index contributed by atoms with van der Waals surface area (Å²) in [5, 5.41) is 14.3. The molecule has 1 N–H and O–H groups in total. The van der Waals surface area contributed by atoms with Crippen molar-refractivity contribution in [3.05, 3.63) is 28.3 Å². The Morgan fingerprint density at radius 3 is 2.90 bits per heavy atom. The van der Waals surface area contributed by atoms with Crippen molar-refractivity contribution in [3.8, 4) is 0 Å². The van der Waals surface area contributed by atoms with Crippen LogP contribution in [0.5, 0.6) is 0 Å². The van der Waals surface area contributed by atoms with Gasteiger partial charge in [0.15, 0.2) is 0 Å². The summed E-state index contributed by atoms with van der Waals surface area (Å²) in [5.74, 6) is 0. The van der Waals surface area contributed by atoms with Gasteiger partial charge in [-0.3, -0.25) is 10.1 Å². The van der Waals surface area contributed by atoms with Gasteiger partial charge in [0.2, 0.25) is 0 Å². The SMILES string of the molecule is CCCNc1cc(N(C)CC2CCCO2)cc([N+](=O)[O-])c1. The highest BCUT2D eigenvalue weighted by molar-refractivity contribution is 5.64. The molecule has 0 bridgehead atoms. The van der Waals surface area contributed by atoms with Gasteiger partial charge in [-0.25, -0.2) is 0 Å². The first-order valence-corrected chi connectivity index (χ1v) is 7.46. The molecular formula is C15H23N3O3. The second kappa shape index (κ2) is 7.26. The highest BCUT2D eigenvalue weighted by Gasteiger charge is 2.19. The molecule has 0 saturated carbocycles. The van der Waals surface area contributed by atoms with E-state index in [-0.39, 0.29) is 16.7 Å². The molecule has 0 radical (unpaired) electrons. The van der Waals surface area contributed by atoms with Crippen LogP contribution in [0.3, 0.4) is 0 Å². The van der Waals surface area contributed by atoms with Crippen molar-refractivity contribution in [2.75, 3.05) is 37.0 Å². The van der Waals surface area contributed by atoms with Crippen molar-refractivity contribution < 1.29 is 9.66 Å². The molecule has 1 fully saturated rings. The lowest BCUT2D eigenvalue weighted by Crippen LogP contribution is -2.28. The molecule has 2 rings (SSSR count). The van der Waals surface area contributed by atoms with Gasteiger partial charge < -0.3 is 15.0 Å². The van der Waals surface area contributed by atoms with E-state index in [1.807, 2.05) is 18.0 Å². The zero-order valence-corrected chi connectivity index (χ0v) is 12.7. The molecule has 6 heteroatoms. The Kier molecular flexibility index (Phi) is 5.38. The smallest absolute Gasteiger partial charge is 0.273 e. The van der Waals surface area contributed by atoms with Crippen molar-refractivity contribution in [3.63, 3.8) is 0 Å². The molecule has 1 aromatic carbocycles. The lowest BCUT2D eigenvalue weighted by Gasteiger charge is -2.23. The number of nitrogens with zero attached hydrogens (tertiary/aromatic N) is 2. The molecule has 21 heavy (non-hydrogen) atoms. The van der Waals surface area contributed by atoms with Gasteiger partial charge >= 0.3 is 0 Å². The molecule has 1 aliphatic rings. The van der Waals surface area contributed by atoms with Gasteiger partial charge in [0.25, 0.3) is 5.69 Å². The number of likely N-dealkylation sites (N-methyl/N-ethyl adjacent to an activating group) is 1. The van der Waals surface area contributed by atoms with Gasteiger partial charge in [0, 0.05) is 50.3 Å². The quantitative estimate of drug-likeness (QED) is 0.618. The fraction of sp³-hybridized carbons (Fsp3) is 0.600. The fourth-order valence-corrected chi connectivity index (χ4v) is 2.49. The van der Waals surface area contributed by atoms with Crippen molar-refractivity contribution in [2.24, 2.45) is 0 Å². The number of hydrogen-bond donors (Lipinski definition) is 1. The van der Waals surface area contributed by atoms with E-state index >= 15 is 0 Å². The van der Waals surface area contributed by atoms with E-state index < -0.39 is 0 Å². The van der Waals surface area contributed by atoms with Gasteiger partial charge in [0.05, 0.1) is 11.0 Å². The summed E-state index contributed by atoms with van der Waals surface area (Å²) in [6.07, 6.45) is 3.35. The summed E-state index contributed by atoms with van der Waals surface area (Å²) in [4.78, 5) is 12.8. The standard InChI is InChI=1S/C15H23N3O3/c1-3-6-16-12-8-13(10-14(9-12)18(19)20)17(2)11-15-5-4-7-21-15/h8-10,15-16H,3-7,11H2,1-2H3. The maximum Gasteiger partial charge on any atom is 0.273 e. The molecule has 1 saturated heterocycles. The maximum absolute atomic E-state index is 11.1. The summed E-state index contributed by atoms with van der Waals surface area (Å²) < 4.78 is 5.63. The molecule has 6 nitrogen and oxygen atoms in total. The van der Waals surface area contributed by atoms with Crippen LogP contribution in [-0.2, 0) is 4.74 Å². The van der Waals surface area contributed by atoms with Crippen LogP contribution in [0, 0.1) is 10.1 Å². The molecule has 1 unspecified atom stereocenters. The molecule has 0 spiro atoms. The number of ether oxygens (including phenoxy) is 1. The molecule has 1 heterocycles. The van der Waals surface area contributed by atoms with Gasteiger partial charge in [-0.05, 0) is 25.3 Å². The third kappa shape index (κ3) is 4.32. The predicted molar refractivity (Wildman–Crippen MR) is 84.1 cm³/mol. The number of non-ortho nitro benzene ring substituents is 1. The molecule has 1 atom stereocenters. The van der Waals surface area contributed by atoms with Crippen LogP contribution in [0.15, 0.2) is 18.2 Å². The van der Waals surface area contributed by atoms with Crippen LogP contribution in [-0.4, -0.2) is 37.8 Å². The Morgan fingerprint density at radius 2 is 2.29 bits per heavy atom. The average Bonchev–Trinajstić information content (AvgIpc) is 2.97. The second-order valence-electron chi connectivity index (χ2n) is 5.44. The van der Waals surface area contributed by atoms with Gasteiger partial charge in [-0.2, -0.15) is 0 Å². The highest BCUT2D eigenvalue weighted by atomic mass is 16.6. The Hall–Kier alpha value is -1.82. The van der Waals surface area contributed by atoms with E-state index in [1.54, 1.807) is 12.1 Å². The zero-order valence-electron chi connectivity index (χ0n) is 12.7. The Morgan fingerprint density at radius 1 is 1.48 bits per heavy atom. The van der Waals surface area contributed by atoms with E-state index in [0.29, 0.717) is 0 Å². The number of nitro groups is 1. The average molecular weight is 293 g/mol. The molecule has 0 amide bonds. The lowest BCUT2D eigenvalue weighted by molar-refractivity contribution is -0.384. The van der Waals surface area contributed by atoms with Crippen molar-refractivity contribution in [1.29, 1.82) is 0 Å². The number of hydrogen-bond acceptors (Lipinski definition) is 5. The number of nitro benzene ring substituents is 1. The normalized spacial score (nSPS) is 17.7. The van der Waals surface area contributed by atoms with Crippen molar-refractivity contribution in [2.45, 2.75) is 32.3 Å². The van der Waals surface area contributed by atoms with Gasteiger partial charge in [-0.15, -0.1) is 0 Å². The Balaban J connectivity index is 2.15. The van der Waals surface area contributed by atoms with Gasteiger partial charge in [0.1, 0.15) is 0 Å². The Bertz CT molecular complexity index is 487. The predicted octanol–water partition coefficient (Wildman–Crippen LogP) is 3.03. The number of rotatable bonds is 7. The molecule has 1 aromatic rings. The van der Waals surface area contributed by atoms with E-state index in [1.165, 1.54) is 0 Å². The van der Waals surface area contributed by atoms with Crippen LogP contribution in [0.25, 0.3) is 0 Å². The summed E-state index contributed by atoms with van der Waals surface area (Å²) in [5.41, 5.74) is 1.75. The monoisotopic (exact) mass is 293 g/mol. The summed E-state index contributed by atoms with van der Waals surface area (Å²) >= 11 is 0. The minimum atomic E-state index is -0.347. The minimum Gasteiger partial charge on any atom is -0.385 e. The van der Waals surface area contributed by atoms with Crippen molar-refractivity contribution in [1.82, 2.24) is 0 Å². The maximum atomic E-state index is 11.1. The van der Waals surface area contributed by atoms with Crippen LogP contribution >= 0.6 is 0 Å². The minimum absolute atomic E-state index is 0.116. The largest absolute Gasteiger partial charge is 0.385 e. The van der Waals surface area contributed by atoms with Crippen LogP contribution in [0.1, 0.15) is 26.2 Å². The third-order valence-corrected chi connectivity index (χ3v) is 3.63. The van der Waals surface area contributed by atoms with E-state index in [4.69, 9.17) is 4.74 Å². The first kappa shape index (κ1) is 15.6. The van der Waals surface area contributed by atoms with E-state index in [0.717, 1.165) is 50.3 Å². The molecule has 0 aliphatic carbocycles. The third-order valence-electron chi connectivity index (χ3n) is 3.63. The summed E-state index contributed by atoms with van der Waals surface area (Å²) in [7, 11) is 1.95. The van der Waals surface area contributed by atoms with Crippen molar-refractivity contribution >= 4 is 17.1 Å². The molecule has 1 aliphatic heterocycles. The van der Waals surface area contributed by atoms with Gasteiger partial charge in [-0.1, -0.05) is 6.92 Å². The molecule has 0 aromatic heterocycles. The zero-order chi connectivity index (χ0) is 15.2. The second-order valence-corrected chi connectivity index (χ2v) is 5.44. The first-order chi connectivity index (χ1) is 10.1.